The quantitative estimate of drug-likeness (QED) is 0.0261. The molecular formula is C70H124O6. The minimum atomic E-state index is -0.778. The average Bonchev–Trinajstić information content (AvgIpc) is 3.42. The number of hydrogen-bond donors (Lipinski definition) is 0. The van der Waals surface area contributed by atoms with Crippen molar-refractivity contribution < 1.29 is 28.6 Å². The number of ether oxygens (including phenoxy) is 3. The second kappa shape index (κ2) is 64.4. The molecule has 76 heavy (non-hydrogen) atoms. The molecule has 6 nitrogen and oxygen atoms in total. The molecule has 0 bridgehead atoms. The fourth-order valence-corrected chi connectivity index (χ4v) is 9.53. The minimum absolute atomic E-state index is 0.0754. The van der Waals surface area contributed by atoms with Gasteiger partial charge in [-0.05, 0) is 83.5 Å². The topological polar surface area (TPSA) is 78.9 Å². The zero-order valence-electron chi connectivity index (χ0n) is 50.5. The molecule has 0 N–H and O–H groups in total. The van der Waals surface area contributed by atoms with Crippen LogP contribution in [0.3, 0.4) is 0 Å². The van der Waals surface area contributed by atoms with E-state index < -0.39 is 6.10 Å². The summed E-state index contributed by atoms with van der Waals surface area (Å²) in [5.41, 5.74) is 0. The minimum Gasteiger partial charge on any atom is -0.462 e. The molecule has 1 atom stereocenters. The van der Waals surface area contributed by atoms with Crippen LogP contribution in [0.4, 0.5) is 0 Å². The Morgan fingerprint density at radius 3 is 0.855 bits per heavy atom. The summed E-state index contributed by atoms with van der Waals surface area (Å²) in [4.78, 5) is 38.3. The summed E-state index contributed by atoms with van der Waals surface area (Å²) < 4.78 is 16.9. The van der Waals surface area contributed by atoms with E-state index in [2.05, 4.69) is 93.7 Å². The van der Waals surface area contributed by atoms with Crippen molar-refractivity contribution in [3.05, 3.63) is 72.9 Å². The van der Waals surface area contributed by atoms with Gasteiger partial charge in [-0.3, -0.25) is 14.4 Å². The molecule has 1 unspecified atom stereocenters. The Morgan fingerprint density at radius 2 is 0.539 bits per heavy atom. The molecule has 0 rings (SSSR count). The van der Waals surface area contributed by atoms with Gasteiger partial charge in [0.15, 0.2) is 6.10 Å². The van der Waals surface area contributed by atoms with Crippen LogP contribution >= 0.6 is 0 Å². The lowest BCUT2D eigenvalue weighted by atomic mass is 10.0. The summed E-state index contributed by atoms with van der Waals surface area (Å²) >= 11 is 0. The van der Waals surface area contributed by atoms with E-state index in [0.29, 0.717) is 19.3 Å². The summed E-state index contributed by atoms with van der Waals surface area (Å²) in [6.45, 7) is 6.50. The van der Waals surface area contributed by atoms with Crippen LogP contribution in [0.5, 0.6) is 0 Å². The van der Waals surface area contributed by atoms with Crippen molar-refractivity contribution >= 4 is 17.9 Å². The van der Waals surface area contributed by atoms with Gasteiger partial charge < -0.3 is 14.2 Å². The molecule has 0 aliphatic carbocycles. The Kier molecular flexibility index (Phi) is 61.7. The van der Waals surface area contributed by atoms with E-state index in [1.165, 1.54) is 186 Å². The van der Waals surface area contributed by atoms with Gasteiger partial charge >= 0.3 is 17.9 Å². The fourth-order valence-electron chi connectivity index (χ4n) is 9.53. The number of unbranched alkanes of at least 4 members (excludes halogenated alkanes) is 37. The van der Waals surface area contributed by atoms with Crippen LogP contribution in [0.2, 0.25) is 0 Å². The van der Waals surface area contributed by atoms with E-state index >= 15 is 0 Å². The summed E-state index contributed by atoms with van der Waals surface area (Å²) in [5.74, 6) is -0.871. The normalized spacial score (nSPS) is 12.5. The molecule has 0 aromatic rings. The molecule has 0 aromatic carbocycles. The van der Waals surface area contributed by atoms with Crippen molar-refractivity contribution in [1.29, 1.82) is 0 Å². The van der Waals surface area contributed by atoms with E-state index in [9.17, 15) is 14.4 Å². The highest BCUT2D eigenvalue weighted by atomic mass is 16.6. The van der Waals surface area contributed by atoms with Gasteiger partial charge in [0, 0.05) is 19.3 Å². The molecule has 6 heteroatoms. The van der Waals surface area contributed by atoms with Crippen molar-refractivity contribution in [1.82, 2.24) is 0 Å². The van der Waals surface area contributed by atoms with Crippen LogP contribution in [-0.2, 0) is 28.6 Å². The monoisotopic (exact) mass is 1060 g/mol. The van der Waals surface area contributed by atoms with E-state index in [0.717, 1.165) is 109 Å². The van der Waals surface area contributed by atoms with Crippen molar-refractivity contribution in [3.63, 3.8) is 0 Å². The first kappa shape index (κ1) is 72.8. The zero-order chi connectivity index (χ0) is 55.0. The molecule has 0 aromatic heterocycles. The van der Waals surface area contributed by atoms with Crippen molar-refractivity contribution in [2.45, 2.75) is 341 Å². The molecule has 0 aliphatic heterocycles. The van der Waals surface area contributed by atoms with Gasteiger partial charge in [-0.25, -0.2) is 0 Å². The molecule has 440 valence electrons. The first-order chi connectivity index (χ1) is 37.5. The lowest BCUT2D eigenvalue weighted by molar-refractivity contribution is -0.167. The molecule has 0 radical (unpaired) electrons. The number of carbonyl (C=O) groups excluding carboxylic acids is 3. The second-order valence-electron chi connectivity index (χ2n) is 22.0. The smallest absolute Gasteiger partial charge is 0.306 e. The predicted octanol–water partition coefficient (Wildman–Crippen LogP) is 22.5. The largest absolute Gasteiger partial charge is 0.462 e. The Labute approximate surface area is 472 Å². The third kappa shape index (κ3) is 61.7. The van der Waals surface area contributed by atoms with Gasteiger partial charge in [-0.15, -0.1) is 0 Å². The molecule has 0 fully saturated rings. The number of esters is 3. The van der Waals surface area contributed by atoms with Crippen molar-refractivity contribution in [3.8, 4) is 0 Å². The van der Waals surface area contributed by atoms with Gasteiger partial charge in [0.25, 0.3) is 0 Å². The molecule has 0 amide bonds. The van der Waals surface area contributed by atoms with Crippen molar-refractivity contribution in [2.24, 2.45) is 0 Å². The van der Waals surface area contributed by atoms with E-state index in [4.69, 9.17) is 14.2 Å². The van der Waals surface area contributed by atoms with Crippen molar-refractivity contribution in [2.75, 3.05) is 13.2 Å². The number of carbonyl (C=O) groups is 3. The summed E-state index contributed by atoms with van der Waals surface area (Å²) in [7, 11) is 0. The maximum atomic E-state index is 12.9. The fraction of sp³-hybridized carbons (Fsp3) is 0.786. The molecule has 0 spiro atoms. The lowest BCUT2D eigenvalue weighted by Crippen LogP contribution is -2.30. The Morgan fingerprint density at radius 1 is 0.276 bits per heavy atom. The van der Waals surface area contributed by atoms with Crippen LogP contribution in [0.15, 0.2) is 72.9 Å². The number of allylic oxidation sites excluding steroid dienone is 12. The average molecular weight is 1060 g/mol. The molecule has 0 heterocycles. The maximum absolute atomic E-state index is 12.9. The van der Waals surface area contributed by atoms with Crippen LogP contribution in [-0.4, -0.2) is 37.2 Å². The van der Waals surface area contributed by atoms with Gasteiger partial charge in [0.1, 0.15) is 13.2 Å². The first-order valence-electron chi connectivity index (χ1n) is 32.9. The summed E-state index contributed by atoms with van der Waals surface area (Å²) in [5, 5.41) is 0. The standard InChI is InChI=1S/C70H124O6/c1-4-7-10-13-16-19-22-25-27-29-30-31-32-33-34-35-36-37-38-39-40-41-43-45-48-51-54-57-60-63-69(72)75-66-67(65-74-68(71)62-59-56-53-50-47-44-24-21-18-15-12-9-6-3)76-70(73)64-61-58-55-52-49-46-42-28-26-23-20-17-14-11-8-5-2/h7,10,12,15-16,19,21,24-25,27,30-31,67H,4-6,8-9,11,13-14,17-18,20,22-23,26,28-29,32-66H2,1-3H3/b10-7-,15-12-,19-16-,24-21-,27-25-,31-30-. The third-order valence-electron chi connectivity index (χ3n) is 14.4. The predicted molar refractivity (Wildman–Crippen MR) is 330 cm³/mol. The zero-order valence-corrected chi connectivity index (χ0v) is 50.5. The lowest BCUT2D eigenvalue weighted by Gasteiger charge is -2.18. The molecule has 0 saturated carbocycles. The van der Waals surface area contributed by atoms with Gasteiger partial charge in [-0.1, -0.05) is 306 Å². The van der Waals surface area contributed by atoms with Crippen LogP contribution in [0.25, 0.3) is 0 Å². The van der Waals surface area contributed by atoms with Gasteiger partial charge in [0.2, 0.25) is 0 Å². The molecule has 0 aliphatic rings. The van der Waals surface area contributed by atoms with Crippen LogP contribution < -0.4 is 0 Å². The van der Waals surface area contributed by atoms with E-state index in [1.54, 1.807) is 0 Å². The Bertz CT molecular complexity index is 1400. The maximum Gasteiger partial charge on any atom is 0.306 e. The van der Waals surface area contributed by atoms with Gasteiger partial charge in [0.05, 0.1) is 0 Å². The first-order valence-corrected chi connectivity index (χ1v) is 32.9. The summed E-state index contributed by atoms with van der Waals surface area (Å²) in [6, 6.07) is 0. The second-order valence-corrected chi connectivity index (χ2v) is 22.0. The Hall–Kier alpha value is -3.15. The van der Waals surface area contributed by atoms with Gasteiger partial charge in [-0.2, -0.15) is 0 Å². The highest BCUT2D eigenvalue weighted by Gasteiger charge is 2.19. The highest BCUT2D eigenvalue weighted by molar-refractivity contribution is 5.71. The number of rotatable bonds is 60. The highest BCUT2D eigenvalue weighted by Crippen LogP contribution is 2.17. The van der Waals surface area contributed by atoms with Crippen LogP contribution in [0, 0.1) is 0 Å². The van der Waals surface area contributed by atoms with Crippen LogP contribution in [0.1, 0.15) is 335 Å². The van der Waals surface area contributed by atoms with E-state index in [1.807, 2.05) is 0 Å². The molecular weight excluding hydrogens is 937 g/mol. The SMILES string of the molecule is CC/C=C\C/C=C\C/C=C\C/C=C\CCCCCCCCCCCCCCCCCCC(=O)OCC(COC(=O)CCCCCCC/C=C\C/C=C\CCC)OC(=O)CCCCCCCCCCCCCCCCCC. The molecule has 0 saturated heterocycles. The number of hydrogen-bond acceptors (Lipinski definition) is 6. The van der Waals surface area contributed by atoms with E-state index in [-0.39, 0.29) is 31.1 Å². The Balaban J connectivity index is 4.20. The third-order valence-corrected chi connectivity index (χ3v) is 14.4. The summed E-state index contributed by atoms with van der Waals surface area (Å²) in [6.07, 6.45) is 83.5.